The molecular weight excluding hydrogens is 463 g/mol. The maximum atomic E-state index is 12.7. The number of allylic oxidation sites excluding steroid dienone is 1. The minimum absolute atomic E-state index is 0.257. The number of carbonyl (C=O) groups is 2. The molecule has 0 radical (unpaired) electrons. The molecule has 0 spiro atoms. The minimum atomic E-state index is -0.627. The molecule has 148 valence electrons. The van der Waals surface area contributed by atoms with Gasteiger partial charge in [-0.3, -0.25) is 0 Å². The number of carbonyl (C=O) groups excluding carboxylic acids is 2. The summed E-state index contributed by atoms with van der Waals surface area (Å²) in [4.78, 5) is 24.9. The van der Waals surface area contributed by atoms with Gasteiger partial charge in [-0.25, -0.2) is 9.59 Å². The van der Waals surface area contributed by atoms with E-state index in [0.29, 0.717) is 35.8 Å². The first-order chi connectivity index (χ1) is 13.0. The van der Waals surface area contributed by atoms with Crippen molar-refractivity contribution in [3.8, 4) is 11.5 Å². The number of benzene rings is 1. The Bertz CT molecular complexity index is 748. The van der Waals surface area contributed by atoms with Crippen molar-refractivity contribution in [3.63, 3.8) is 0 Å². The van der Waals surface area contributed by atoms with Gasteiger partial charge < -0.3 is 24.8 Å². The fourth-order valence-electron chi connectivity index (χ4n) is 2.98. The first kappa shape index (κ1) is 21.3. The number of amides is 2. The van der Waals surface area contributed by atoms with Gasteiger partial charge in [-0.2, -0.15) is 0 Å². The highest BCUT2D eigenvalue weighted by atomic mass is 127. The van der Waals surface area contributed by atoms with E-state index < -0.39 is 12.0 Å². The fourth-order valence-corrected chi connectivity index (χ4v) is 3.83. The van der Waals surface area contributed by atoms with E-state index in [1.807, 2.05) is 19.9 Å². The van der Waals surface area contributed by atoms with Crippen molar-refractivity contribution in [1.82, 2.24) is 10.6 Å². The average molecular weight is 488 g/mol. The molecule has 0 fully saturated rings. The van der Waals surface area contributed by atoms with Crippen molar-refractivity contribution in [2.24, 2.45) is 0 Å². The van der Waals surface area contributed by atoms with Gasteiger partial charge in [0.1, 0.15) is 0 Å². The molecule has 2 rings (SSSR count). The Morgan fingerprint density at radius 2 is 1.96 bits per heavy atom. The van der Waals surface area contributed by atoms with Crippen LogP contribution >= 0.6 is 22.6 Å². The van der Waals surface area contributed by atoms with Gasteiger partial charge in [-0.05, 0) is 60.6 Å². The summed E-state index contributed by atoms with van der Waals surface area (Å²) in [5.74, 6) is 0.745. The summed E-state index contributed by atoms with van der Waals surface area (Å²) in [6.45, 7) is 6.35. The van der Waals surface area contributed by atoms with Gasteiger partial charge in [0.2, 0.25) is 0 Å². The van der Waals surface area contributed by atoms with Crippen LogP contribution in [-0.2, 0) is 9.53 Å². The molecule has 1 aliphatic heterocycles. The third-order valence-corrected chi connectivity index (χ3v) is 4.82. The minimum Gasteiger partial charge on any atom is -0.492 e. The standard InChI is InChI=1S/C19H25IN2O5/c1-5-8-13-15(18(23)27-7-3)16(22-19(24)21-13)11-9-12(20)17(25-4)14(10-11)26-6-2/h9-10,16H,5-8H2,1-4H3,(H2,21,22,24)/t16-/m1/s1. The molecule has 7 nitrogen and oxygen atoms in total. The predicted molar refractivity (Wildman–Crippen MR) is 110 cm³/mol. The summed E-state index contributed by atoms with van der Waals surface area (Å²) >= 11 is 2.15. The quantitative estimate of drug-likeness (QED) is 0.431. The monoisotopic (exact) mass is 488 g/mol. The van der Waals surface area contributed by atoms with Crippen LogP contribution in [0.3, 0.4) is 0 Å². The van der Waals surface area contributed by atoms with Gasteiger partial charge in [0, 0.05) is 5.70 Å². The van der Waals surface area contributed by atoms with Crippen molar-refractivity contribution in [2.75, 3.05) is 20.3 Å². The normalized spacial score (nSPS) is 16.5. The third kappa shape index (κ3) is 4.85. The first-order valence-electron chi connectivity index (χ1n) is 8.94. The second-order valence-corrected chi connectivity index (χ2v) is 7.02. The van der Waals surface area contributed by atoms with Crippen molar-refractivity contribution in [2.45, 2.75) is 39.7 Å². The predicted octanol–water partition coefficient (Wildman–Crippen LogP) is 3.67. The average Bonchev–Trinajstić information content (AvgIpc) is 2.61. The number of urea groups is 1. The Hall–Kier alpha value is -1.97. The molecule has 2 N–H and O–H groups in total. The summed E-state index contributed by atoms with van der Waals surface area (Å²) in [5, 5.41) is 5.59. The molecule has 0 aliphatic carbocycles. The SMILES string of the molecule is CCCC1=C(C(=O)OCC)[C@@H](c2cc(I)c(OC)c(OCC)c2)NC(=O)N1. The Labute approximate surface area is 173 Å². The van der Waals surface area contributed by atoms with Gasteiger partial charge in [0.15, 0.2) is 11.5 Å². The fraction of sp³-hybridized carbons (Fsp3) is 0.474. The number of hydrogen-bond donors (Lipinski definition) is 2. The lowest BCUT2D eigenvalue weighted by Crippen LogP contribution is -2.46. The topological polar surface area (TPSA) is 85.9 Å². The van der Waals surface area contributed by atoms with Crippen molar-refractivity contribution in [1.29, 1.82) is 0 Å². The Morgan fingerprint density at radius 3 is 2.56 bits per heavy atom. The maximum Gasteiger partial charge on any atom is 0.338 e. The summed E-state index contributed by atoms with van der Waals surface area (Å²) in [6.07, 6.45) is 1.36. The van der Waals surface area contributed by atoms with Crippen molar-refractivity contribution in [3.05, 3.63) is 32.5 Å². The second-order valence-electron chi connectivity index (χ2n) is 5.86. The second kappa shape index (κ2) is 9.82. The van der Waals surface area contributed by atoms with Crippen LogP contribution in [0.5, 0.6) is 11.5 Å². The zero-order valence-corrected chi connectivity index (χ0v) is 18.1. The third-order valence-electron chi connectivity index (χ3n) is 4.02. The van der Waals surface area contributed by atoms with Crippen molar-refractivity contribution >= 4 is 34.6 Å². The molecule has 1 aromatic rings. The van der Waals surface area contributed by atoms with E-state index in [1.54, 1.807) is 20.1 Å². The van der Waals surface area contributed by atoms with Crippen molar-refractivity contribution < 1.29 is 23.8 Å². The van der Waals surface area contributed by atoms with Crippen LogP contribution in [0.15, 0.2) is 23.4 Å². The molecule has 1 aliphatic rings. The molecule has 0 unspecified atom stereocenters. The molecule has 0 bridgehead atoms. The van der Waals surface area contributed by atoms with Gasteiger partial charge in [-0.15, -0.1) is 0 Å². The molecule has 0 aromatic heterocycles. The molecule has 1 atom stereocenters. The van der Waals surface area contributed by atoms with E-state index in [2.05, 4.69) is 33.2 Å². The zero-order chi connectivity index (χ0) is 20.0. The van der Waals surface area contributed by atoms with Gasteiger partial charge in [-0.1, -0.05) is 13.3 Å². The van der Waals surface area contributed by atoms with Crippen LogP contribution in [0.25, 0.3) is 0 Å². The van der Waals surface area contributed by atoms with E-state index in [1.165, 1.54) is 0 Å². The highest BCUT2D eigenvalue weighted by molar-refractivity contribution is 14.1. The van der Waals surface area contributed by atoms with Gasteiger partial charge in [0.25, 0.3) is 0 Å². The molecular formula is C19H25IN2O5. The Morgan fingerprint density at radius 1 is 1.22 bits per heavy atom. The Balaban J connectivity index is 2.60. The number of ether oxygens (including phenoxy) is 3. The highest BCUT2D eigenvalue weighted by Crippen LogP contribution is 2.38. The number of nitrogens with one attached hydrogen (secondary N) is 2. The zero-order valence-electron chi connectivity index (χ0n) is 16.0. The first-order valence-corrected chi connectivity index (χ1v) is 10.0. The summed E-state index contributed by atoms with van der Waals surface area (Å²) in [5.41, 5.74) is 1.74. The maximum absolute atomic E-state index is 12.7. The molecule has 8 heteroatoms. The summed E-state index contributed by atoms with van der Waals surface area (Å²) in [6, 6.07) is 2.70. The Kier molecular flexibility index (Phi) is 7.76. The van der Waals surface area contributed by atoms with Gasteiger partial charge in [0.05, 0.1) is 35.5 Å². The number of rotatable bonds is 8. The molecule has 0 saturated carbocycles. The van der Waals surface area contributed by atoms with E-state index in [4.69, 9.17) is 14.2 Å². The highest BCUT2D eigenvalue weighted by Gasteiger charge is 2.34. The molecule has 0 saturated heterocycles. The summed E-state index contributed by atoms with van der Waals surface area (Å²) in [7, 11) is 1.58. The number of hydrogen-bond acceptors (Lipinski definition) is 5. The number of halogens is 1. The molecule has 27 heavy (non-hydrogen) atoms. The summed E-state index contributed by atoms with van der Waals surface area (Å²) < 4.78 is 17.2. The van der Waals surface area contributed by atoms with Crippen LogP contribution in [0.2, 0.25) is 0 Å². The van der Waals surface area contributed by atoms with Crippen LogP contribution < -0.4 is 20.1 Å². The largest absolute Gasteiger partial charge is 0.492 e. The molecule has 1 aromatic carbocycles. The lowest BCUT2D eigenvalue weighted by molar-refractivity contribution is -0.139. The lowest BCUT2D eigenvalue weighted by atomic mass is 9.93. The number of methoxy groups -OCH3 is 1. The number of esters is 1. The van der Waals surface area contributed by atoms with Crippen LogP contribution in [0.4, 0.5) is 4.79 Å². The van der Waals surface area contributed by atoms with E-state index in [0.717, 1.165) is 15.6 Å². The van der Waals surface area contributed by atoms with E-state index in [-0.39, 0.29) is 12.6 Å². The van der Waals surface area contributed by atoms with E-state index >= 15 is 0 Å². The van der Waals surface area contributed by atoms with Crippen LogP contribution in [0, 0.1) is 3.57 Å². The van der Waals surface area contributed by atoms with Crippen LogP contribution in [-0.4, -0.2) is 32.3 Å². The molecule has 2 amide bonds. The smallest absolute Gasteiger partial charge is 0.338 e. The molecule has 1 heterocycles. The van der Waals surface area contributed by atoms with Crippen LogP contribution in [0.1, 0.15) is 45.2 Å². The lowest BCUT2D eigenvalue weighted by Gasteiger charge is -2.30. The van der Waals surface area contributed by atoms with E-state index in [9.17, 15) is 9.59 Å². The van der Waals surface area contributed by atoms with Gasteiger partial charge >= 0.3 is 12.0 Å².